The summed E-state index contributed by atoms with van der Waals surface area (Å²) in [4.78, 5) is 17.4. The molecule has 43 heavy (non-hydrogen) atoms. The first-order valence-electron chi connectivity index (χ1n) is 15.7. The topological polar surface area (TPSA) is 50.2 Å². The van der Waals surface area contributed by atoms with Gasteiger partial charge in [-0.15, -0.1) is 34.9 Å². The van der Waals surface area contributed by atoms with Crippen LogP contribution in [-0.4, -0.2) is 15.9 Å². The fourth-order valence-electron chi connectivity index (χ4n) is 5.72. The van der Waals surface area contributed by atoms with E-state index in [2.05, 4.69) is 131 Å². The van der Waals surface area contributed by atoms with Gasteiger partial charge in [0, 0.05) is 43.2 Å². The van der Waals surface area contributed by atoms with Gasteiger partial charge in [0.15, 0.2) is 5.78 Å². The number of aromatic nitrogens is 1. The molecule has 1 N–H and O–H groups in total. The monoisotopic (exact) mass is 763 g/mol. The zero-order valence-corrected chi connectivity index (χ0v) is 31.5. The van der Waals surface area contributed by atoms with Crippen LogP contribution in [0.15, 0.2) is 54.4 Å². The molecule has 2 aromatic carbocycles. The van der Waals surface area contributed by atoms with E-state index in [0.717, 1.165) is 16.8 Å². The van der Waals surface area contributed by atoms with Crippen molar-refractivity contribution < 1.29 is 30.0 Å². The molecule has 0 fully saturated rings. The van der Waals surface area contributed by atoms with Crippen LogP contribution in [0.5, 0.6) is 0 Å². The number of allylic oxidation sites excluding steroid dienone is 2. The van der Waals surface area contributed by atoms with Crippen LogP contribution >= 0.6 is 0 Å². The zero-order chi connectivity index (χ0) is 32.2. The fraction of sp³-hybridized carbons (Fsp3) is 0.538. The van der Waals surface area contributed by atoms with Gasteiger partial charge in [0.25, 0.3) is 0 Å². The van der Waals surface area contributed by atoms with Gasteiger partial charge in [-0.2, -0.15) is 0 Å². The van der Waals surface area contributed by atoms with Crippen LogP contribution in [0.2, 0.25) is 0 Å². The molecule has 3 rings (SSSR count). The van der Waals surface area contributed by atoms with Gasteiger partial charge in [-0.1, -0.05) is 115 Å². The third kappa shape index (κ3) is 8.67. The third-order valence-electron chi connectivity index (χ3n) is 10.0. The Balaban J connectivity index is 0.000000420. The Morgan fingerprint density at radius 3 is 1.81 bits per heavy atom. The minimum Gasteiger partial charge on any atom is -0.512 e. The molecular formula is C39H56IrNO2-. The molecule has 0 saturated carbocycles. The summed E-state index contributed by atoms with van der Waals surface area (Å²) < 4.78 is 0. The Kier molecular flexibility index (Phi) is 14.1. The van der Waals surface area contributed by atoms with E-state index in [0.29, 0.717) is 5.92 Å². The summed E-state index contributed by atoms with van der Waals surface area (Å²) in [7, 11) is 0. The smallest absolute Gasteiger partial charge is 0.165 e. The number of fused-ring (bicyclic) bond motifs is 1. The molecule has 0 aliphatic rings. The van der Waals surface area contributed by atoms with Crippen molar-refractivity contribution in [3.8, 4) is 11.3 Å². The first kappa shape index (κ1) is 38.7. The molecule has 3 nitrogen and oxygen atoms in total. The first-order chi connectivity index (χ1) is 19.4. The minimum absolute atomic E-state index is 0. The van der Waals surface area contributed by atoms with E-state index in [9.17, 15) is 9.90 Å². The molecule has 0 aliphatic heterocycles. The Morgan fingerprint density at radius 2 is 1.35 bits per heavy atom. The van der Waals surface area contributed by atoms with Crippen molar-refractivity contribution in [1.29, 1.82) is 0 Å². The summed E-state index contributed by atoms with van der Waals surface area (Å²) in [5.41, 5.74) is 5.06. The SMILES string of the molecule is CC(C)C(C)(C(=O)/C=C(\O)C(C)(C(C)C)C(C)C)C(C)C.Cc1[c-]c(-c2nccc3cc(C(C)C)ccc23)cc(C)c1.[Ir]. The van der Waals surface area contributed by atoms with Crippen LogP contribution in [0.4, 0.5) is 0 Å². The van der Waals surface area contributed by atoms with Crippen LogP contribution in [0, 0.1) is 54.4 Å². The average molecular weight is 763 g/mol. The van der Waals surface area contributed by atoms with E-state index >= 15 is 0 Å². The van der Waals surface area contributed by atoms with Crippen LogP contribution in [0.1, 0.15) is 106 Å². The largest absolute Gasteiger partial charge is 0.512 e. The number of aliphatic hydroxyl groups is 1. The molecule has 239 valence electrons. The third-order valence-corrected chi connectivity index (χ3v) is 10.0. The molecule has 0 atom stereocenters. The Hall–Kier alpha value is -2.29. The van der Waals surface area contributed by atoms with E-state index in [4.69, 9.17) is 0 Å². The number of nitrogens with zero attached hydrogens (tertiary/aromatic N) is 1. The maximum Gasteiger partial charge on any atom is 0.165 e. The first-order valence-corrected chi connectivity index (χ1v) is 15.7. The zero-order valence-electron chi connectivity index (χ0n) is 29.1. The normalized spacial score (nSPS) is 12.7. The second kappa shape index (κ2) is 15.6. The van der Waals surface area contributed by atoms with Crippen molar-refractivity contribution in [1.82, 2.24) is 4.98 Å². The molecule has 0 bridgehead atoms. The number of rotatable bonds is 9. The van der Waals surface area contributed by atoms with Crippen molar-refractivity contribution in [3.63, 3.8) is 0 Å². The quantitative estimate of drug-likeness (QED) is 0.134. The molecule has 1 radical (unpaired) electrons. The number of benzene rings is 2. The van der Waals surface area contributed by atoms with Crippen LogP contribution in [-0.2, 0) is 24.9 Å². The molecule has 0 amide bonds. The molecule has 1 aromatic heterocycles. The Bertz CT molecular complexity index is 1360. The van der Waals surface area contributed by atoms with E-state index < -0.39 is 5.41 Å². The molecule has 0 spiro atoms. The number of carbonyl (C=O) groups excluding carboxylic acids is 1. The predicted molar refractivity (Wildman–Crippen MR) is 181 cm³/mol. The van der Waals surface area contributed by atoms with E-state index in [-0.39, 0.29) is 60.7 Å². The summed E-state index contributed by atoms with van der Waals surface area (Å²) >= 11 is 0. The van der Waals surface area contributed by atoms with Crippen molar-refractivity contribution >= 4 is 16.6 Å². The molecule has 0 unspecified atom stereocenters. The number of hydrogen-bond donors (Lipinski definition) is 1. The number of pyridine rings is 1. The Morgan fingerprint density at radius 1 is 0.814 bits per heavy atom. The molecule has 0 aliphatic carbocycles. The van der Waals surface area contributed by atoms with Crippen molar-refractivity contribution in [2.75, 3.05) is 0 Å². The van der Waals surface area contributed by atoms with Gasteiger partial charge < -0.3 is 10.1 Å². The van der Waals surface area contributed by atoms with Gasteiger partial charge in [0.05, 0.1) is 0 Å². The predicted octanol–water partition coefficient (Wildman–Crippen LogP) is 11.1. The summed E-state index contributed by atoms with van der Waals surface area (Å²) in [6.45, 7) is 29.4. The van der Waals surface area contributed by atoms with Gasteiger partial charge in [0.2, 0.25) is 0 Å². The number of carbonyl (C=O) groups is 1. The van der Waals surface area contributed by atoms with Gasteiger partial charge in [0.1, 0.15) is 5.76 Å². The standard InChI is InChI=1S/C20H20N.C19H36O2.Ir/c1-13(2)16-5-6-19-17(12-16)7-8-21-20(19)18-10-14(3)9-15(4)11-18;1-12(2)18(9,13(3)4)16(20)11-17(21)19(10,14(5)6)15(7)8;/h5-10,12-13H,1-4H3;11-15,20H,1-10H3;/q-1;;/b;16-11-;. The fourth-order valence-corrected chi connectivity index (χ4v) is 5.72. The average Bonchev–Trinajstić information content (AvgIpc) is 2.90. The van der Waals surface area contributed by atoms with Gasteiger partial charge in [-0.05, 0) is 57.7 Å². The van der Waals surface area contributed by atoms with E-state index in [1.807, 2.05) is 20.0 Å². The maximum atomic E-state index is 12.8. The van der Waals surface area contributed by atoms with Crippen LogP contribution < -0.4 is 0 Å². The van der Waals surface area contributed by atoms with Crippen molar-refractivity contribution in [3.05, 3.63) is 77.2 Å². The molecule has 4 heteroatoms. The summed E-state index contributed by atoms with van der Waals surface area (Å²) in [5, 5.41) is 13.1. The summed E-state index contributed by atoms with van der Waals surface area (Å²) in [6.07, 6.45) is 3.40. The number of hydrogen-bond acceptors (Lipinski definition) is 3. The molecular weight excluding hydrogens is 707 g/mol. The Labute approximate surface area is 276 Å². The van der Waals surface area contributed by atoms with Gasteiger partial charge >= 0.3 is 0 Å². The minimum atomic E-state index is -0.442. The summed E-state index contributed by atoms with van der Waals surface area (Å²) in [5.74, 6) is 1.81. The second-order valence-electron chi connectivity index (χ2n) is 14.1. The van der Waals surface area contributed by atoms with Crippen molar-refractivity contribution in [2.45, 2.75) is 103 Å². The number of ketones is 1. The number of aliphatic hydroxyl groups excluding tert-OH is 1. The van der Waals surface area contributed by atoms with E-state index in [1.165, 1.54) is 28.0 Å². The molecule has 3 aromatic rings. The van der Waals surface area contributed by atoms with Crippen LogP contribution in [0.25, 0.3) is 22.0 Å². The summed E-state index contributed by atoms with van der Waals surface area (Å²) in [6, 6.07) is 16.5. The number of aryl methyl sites for hydroxylation is 2. The van der Waals surface area contributed by atoms with Gasteiger partial charge in [-0.25, -0.2) is 0 Å². The maximum absolute atomic E-state index is 12.8. The van der Waals surface area contributed by atoms with Gasteiger partial charge in [-0.3, -0.25) is 4.79 Å². The van der Waals surface area contributed by atoms with E-state index in [1.54, 1.807) is 0 Å². The molecule has 1 heterocycles. The molecule has 0 saturated heterocycles. The van der Waals surface area contributed by atoms with Crippen LogP contribution in [0.3, 0.4) is 0 Å². The van der Waals surface area contributed by atoms with Crippen molar-refractivity contribution in [2.24, 2.45) is 34.5 Å². The second-order valence-corrected chi connectivity index (χ2v) is 14.1.